The Morgan fingerprint density at radius 1 is 1.24 bits per heavy atom. The van der Waals surface area contributed by atoms with Crippen LogP contribution in [-0.4, -0.2) is 11.7 Å². The smallest absolute Gasteiger partial charge is 0.234 e. The van der Waals surface area contributed by atoms with Crippen molar-refractivity contribution in [1.82, 2.24) is 0 Å². The number of carbonyl (C=O) groups is 1. The molecule has 0 saturated carbocycles. The first kappa shape index (κ1) is 16.0. The van der Waals surface area contributed by atoms with Crippen LogP contribution in [0.15, 0.2) is 41.3 Å². The number of thioether (sulfide) groups is 1. The molecule has 2 aromatic rings. The van der Waals surface area contributed by atoms with Crippen molar-refractivity contribution in [2.24, 2.45) is 0 Å². The zero-order valence-electron chi connectivity index (χ0n) is 11.3. The van der Waals surface area contributed by atoms with Gasteiger partial charge in [0.05, 0.1) is 21.5 Å². The van der Waals surface area contributed by atoms with Gasteiger partial charge in [-0.1, -0.05) is 35.3 Å². The van der Waals surface area contributed by atoms with Crippen molar-refractivity contribution in [3.8, 4) is 0 Å². The maximum atomic E-state index is 12.0. The van der Waals surface area contributed by atoms with Crippen molar-refractivity contribution in [3.63, 3.8) is 0 Å². The zero-order chi connectivity index (χ0) is 15.4. The van der Waals surface area contributed by atoms with E-state index in [1.165, 1.54) is 11.8 Å². The second-order valence-corrected chi connectivity index (χ2v) is 6.31. The third-order valence-corrected chi connectivity index (χ3v) is 4.47. The molecule has 21 heavy (non-hydrogen) atoms. The molecule has 0 saturated heterocycles. The number of hydrogen-bond donors (Lipinski definition) is 2. The molecule has 0 spiro atoms. The Labute approximate surface area is 137 Å². The molecule has 0 heterocycles. The minimum absolute atomic E-state index is 0.185. The lowest BCUT2D eigenvalue weighted by atomic mass is 10.2. The van der Waals surface area contributed by atoms with E-state index in [1.807, 2.05) is 25.1 Å². The molecule has 0 fully saturated rings. The molecule has 110 valence electrons. The van der Waals surface area contributed by atoms with Crippen LogP contribution < -0.4 is 11.1 Å². The van der Waals surface area contributed by atoms with Gasteiger partial charge >= 0.3 is 0 Å². The molecule has 0 radical (unpaired) electrons. The number of rotatable bonds is 4. The monoisotopic (exact) mass is 340 g/mol. The Bertz CT molecular complexity index is 656. The lowest BCUT2D eigenvalue weighted by molar-refractivity contribution is -0.113. The molecule has 2 aromatic carbocycles. The molecule has 0 aromatic heterocycles. The number of carbonyl (C=O) groups excluding carboxylic acids is 1. The average Bonchev–Trinajstić information content (AvgIpc) is 2.42. The molecule has 0 aliphatic rings. The van der Waals surface area contributed by atoms with Crippen molar-refractivity contribution in [2.45, 2.75) is 11.8 Å². The van der Waals surface area contributed by atoms with Gasteiger partial charge in [0.15, 0.2) is 0 Å². The van der Waals surface area contributed by atoms with E-state index in [0.29, 0.717) is 21.4 Å². The summed E-state index contributed by atoms with van der Waals surface area (Å²) in [5.41, 5.74) is 8.10. The van der Waals surface area contributed by atoms with Crippen LogP contribution in [0.4, 0.5) is 11.4 Å². The number of para-hydroxylation sites is 1. The number of halogens is 2. The lowest BCUT2D eigenvalue weighted by Gasteiger charge is -2.10. The van der Waals surface area contributed by atoms with Gasteiger partial charge in [-0.05, 0) is 36.8 Å². The van der Waals surface area contributed by atoms with Gasteiger partial charge in [0, 0.05) is 10.6 Å². The van der Waals surface area contributed by atoms with Crippen LogP contribution in [0.3, 0.4) is 0 Å². The highest BCUT2D eigenvalue weighted by Crippen LogP contribution is 2.30. The molecule has 0 aliphatic heterocycles. The van der Waals surface area contributed by atoms with Crippen LogP contribution in [0.2, 0.25) is 10.0 Å². The summed E-state index contributed by atoms with van der Waals surface area (Å²) >= 11 is 13.4. The van der Waals surface area contributed by atoms with E-state index in [4.69, 9.17) is 28.9 Å². The first-order valence-electron chi connectivity index (χ1n) is 6.20. The van der Waals surface area contributed by atoms with Gasteiger partial charge in [0.1, 0.15) is 0 Å². The standard InChI is InChI=1S/C15H14Cl2N2OS/c1-9-5-6-13(12(18)7-9)21-8-14(20)19-15-10(16)3-2-4-11(15)17/h2-7H,8,18H2,1H3,(H,19,20). The van der Waals surface area contributed by atoms with Crippen LogP contribution >= 0.6 is 35.0 Å². The highest BCUT2D eigenvalue weighted by Gasteiger charge is 2.10. The number of nitrogen functional groups attached to an aromatic ring is 1. The van der Waals surface area contributed by atoms with E-state index in [9.17, 15) is 4.79 Å². The van der Waals surface area contributed by atoms with Crippen molar-refractivity contribution in [2.75, 3.05) is 16.8 Å². The normalized spacial score (nSPS) is 10.4. The first-order chi connectivity index (χ1) is 9.97. The van der Waals surface area contributed by atoms with Gasteiger partial charge in [-0.15, -0.1) is 11.8 Å². The Morgan fingerprint density at radius 3 is 2.52 bits per heavy atom. The van der Waals surface area contributed by atoms with Gasteiger partial charge in [0.2, 0.25) is 5.91 Å². The molecule has 0 unspecified atom stereocenters. The number of hydrogen-bond acceptors (Lipinski definition) is 3. The van der Waals surface area contributed by atoms with Gasteiger partial charge in [-0.3, -0.25) is 4.79 Å². The third kappa shape index (κ3) is 4.30. The summed E-state index contributed by atoms with van der Waals surface area (Å²) in [5, 5.41) is 3.54. The molecule has 2 rings (SSSR count). The SMILES string of the molecule is Cc1ccc(SCC(=O)Nc2c(Cl)cccc2Cl)c(N)c1. The Kier molecular flexibility index (Phi) is 5.39. The van der Waals surface area contributed by atoms with Crippen molar-refractivity contribution in [1.29, 1.82) is 0 Å². The maximum absolute atomic E-state index is 12.0. The third-order valence-electron chi connectivity index (χ3n) is 2.75. The molecule has 0 bridgehead atoms. The minimum atomic E-state index is -0.185. The predicted molar refractivity (Wildman–Crippen MR) is 91.4 cm³/mol. The Balaban J connectivity index is 1.99. The molecular weight excluding hydrogens is 327 g/mol. The summed E-state index contributed by atoms with van der Waals surface area (Å²) in [6.45, 7) is 1.97. The average molecular weight is 341 g/mol. The Morgan fingerprint density at radius 2 is 1.90 bits per heavy atom. The summed E-state index contributed by atoms with van der Waals surface area (Å²) < 4.78 is 0. The number of nitrogens with two attached hydrogens (primary N) is 1. The summed E-state index contributed by atoms with van der Waals surface area (Å²) in [6.07, 6.45) is 0. The van der Waals surface area contributed by atoms with E-state index < -0.39 is 0 Å². The van der Waals surface area contributed by atoms with E-state index in [-0.39, 0.29) is 11.7 Å². The number of aryl methyl sites for hydroxylation is 1. The largest absolute Gasteiger partial charge is 0.398 e. The van der Waals surface area contributed by atoms with Crippen molar-refractivity contribution < 1.29 is 4.79 Å². The summed E-state index contributed by atoms with van der Waals surface area (Å²) in [7, 11) is 0. The lowest BCUT2D eigenvalue weighted by Crippen LogP contribution is -2.14. The Hall–Kier alpha value is -1.36. The number of anilines is 2. The molecule has 3 N–H and O–H groups in total. The highest BCUT2D eigenvalue weighted by molar-refractivity contribution is 8.00. The fourth-order valence-electron chi connectivity index (χ4n) is 1.74. The molecule has 3 nitrogen and oxygen atoms in total. The van der Waals surface area contributed by atoms with Crippen LogP contribution in [0.25, 0.3) is 0 Å². The van der Waals surface area contributed by atoms with E-state index in [1.54, 1.807) is 18.2 Å². The molecular formula is C15H14Cl2N2OS. The van der Waals surface area contributed by atoms with Crippen molar-refractivity contribution >= 4 is 52.2 Å². The second-order valence-electron chi connectivity index (χ2n) is 4.47. The van der Waals surface area contributed by atoms with Gasteiger partial charge < -0.3 is 11.1 Å². The second kappa shape index (κ2) is 7.07. The maximum Gasteiger partial charge on any atom is 0.234 e. The number of amides is 1. The van der Waals surface area contributed by atoms with Crippen LogP contribution in [-0.2, 0) is 4.79 Å². The minimum Gasteiger partial charge on any atom is -0.398 e. The van der Waals surface area contributed by atoms with E-state index >= 15 is 0 Å². The van der Waals surface area contributed by atoms with Crippen LogP contribution in [0.5, 0.6) is 0 Å². The summed E-state index contributed by atoms with van der Waals surface area (Å²) in [4.78, 5) is 12.9. The van der Waals surface area contributed by atoms with Gasteiger partial charge in [-0.2, -0.15) is 0 Å². The summed E-state index contributed by atoms with van der Waals surface area (Å²) in [5.74, 6) is 0.0458. The fraction of sp³-hybridized carbons (Fsp3) is 0.133. The molecule has 0 aliphatic carbocycles. The van der Waals surface area contributed by atoms with E-state index in [0.717, 1.165) is 10.5 Å². The topological polar surface area (TPSA) is 55.1 Å². The molecule has 6 heteroatoms. The quantitative estimate of drug-likeness (QED) is 0.630. The van der Waals surface area contributed by atoms with Crippen molar-refractivity contribution in [3.05, 3.63) is 52.0 Å². The summed E-state index contributed by atoms with van der Waals surface area (Å²) in [6, 6.07) is 10.8. The van der Waals surface area contributed by atoms with Crippen LogP contribution in [0, 0.1) is 6.92 Å². The fourth-order valence-corrected chi connectivity index (χ4v) is 2.98. The van der Waals surface area contributed by atoms with Gasteiger partial charge in [-0.25, -0.2) is 0 Å². The van der Waals surface area contributed by atoms with Gasteiger partial charge in [0.25, 0.3) is 0 Å². The highest BCUT2D eigenvalue weighted by atomic mass is 35.5. The predicted octanol–water partition coefficient (Wildman–Crippen LogP) is 4.61. The first-order valence-corrected chi connectivity index (χ1v) is 7.94. The number of benzene rings is 2. The van der Waals surface area contributed by atoms with E-state index in [2.05, 4.69) is 5.32 Å². The number of nitrogens with one attached hydrogen (secondary N) is 1. The van der Waals surface area contributed by atoms with Crippen LogP contribution in [0.1, 0.15) is 5.56 Å². The molecule has 1 amide bonds. The molecule has 0 atom stereocenters. The zero-order valence-corrected chi connectivity index (χ0v) is 13.6.